The van der Waals surface area contributed by atoms with Crippen LogP contribution in [0.3, 0.4) is 0 Å². The topological polar surface area (TPSA) is 46.1 Å². The molecule has 0 saturated carbocycles. The molecule has 0 aliphatic carbocycles. The van der Waals surface area contributed by atoms with Crippen LogP contribution in [0.1, 0.15) is 46.2 Å². The predicted molar refractivity (Wildman–Crippen MR) is 149 cm³/mol. The zero-order valence-electron chi connectivity index (χ0n) is 21.2. The Morgan fingerprint density at radius 1 is 1.00 bits per heavy atom. The second-order valence-electron chi connectivity index (χ2n) is 8.90. The van der Waals surface area contributed by atoms with Gasteiger partial charge in [0.15, 0.2) is 5.96 Å². The Hall–Kier alpha value is -0.900. The van der Waals surface area contributed by atoms with Crippen molar-refractivity contribution < 1.29 is 0 Å². The highest BCUT2D eigenvalue weighted by atomic mass is 127. The van der Waals surface area contributed by atoms with Crippen molar-refractivity contribution >= 4 is 29.9 Å². The Morgan fingerprint density at radius 2 is 1.62 bits per heavy atom. The summed E-state index contributed by atoms with van der Waals surface area (Å²) in [5.41, 5.74) is 1.35. The largest absolute Gasteiger partial charge is 0.357 e. The lowest BCUT2D eigenvalue weighted by Gasteiger charge is -2.39. The van der Waals surface area contributed by atoms with Crippen LogP contribution in [0, 0.1) is 5.92 Å². The molecule has 184 valence electrons. The molecular formula is C25H47IN6. The Balaban J connectivity index is 0.00000512. The van der Waals surface area contributed by atoms with Gasteiger partial charge in [-0.15, -0.1) is 24.0 Å². The van der Waals surface area contributed by atoms with Gasteiger partial charge in [0.1, 0.15) is 0 Å². The number of hydrogen-bond donors (Lipinski definition) is 2. The predicted octanol–water partition coefficient (Wildman–Crippen LogP) is 3.51. The second-order valence-corrected chi connectivity index (χ2v) is 8.90. The third-order valence-electron chi connectivity index (χ3n) is 6.46. The second kappa shape index (κ2) is 15.9. The Bertz CT molecular complexity index is 627. The van der Waals surface area contributed by atoms with Crippen molar-refractivity contribution in [2.45, 2.75) is 46.7 Å². The number of aliphatic imine (C=N–C) groups is 1. The summed E-state index contributed by atoms with van der Waals surface area (Å²) in [5.74, 6) is 1.51. The number of rotatable bonds is 11. The monoisotopic (exact) mass is 558 g/mol. The SMILES string of the molecule is CCNC(=NCC(C(C)C)N1CCN(C)CC1)NCC(c1ccccc1)N(CC)CC.I. The number of nitrogens with zero attached hydrogens (tertiary/aromatic N) is 4. The minimum atomic E-state index is 0. The number of hydrogen-bond acceptors (Lipinski definition) is 4. The number of piperazine rings is 1. The molecule has 0 aromatic heterocycles. The van der Waals surface area contributed by atoms with Gasteiger partial charge in [-0.1, -0.05) is 58.0 Å². The summed E-state index contributed by atoms with van der Waals surface area (Å²) in [5, 5.41) is 7.11. The minimum absolute atomic E-state index is 0. The van der Waals surface area contributed by atoms with Gasteiger partial charge < -0.3 is 15.5 Å². The summed E-state index contributed by atoms with van der Waals surface area (Å²) in [4.78, 5) is 12.6. The summed E-state index contributed by atoms with van der Waals surface area (Å²) in [6.07, 6.45) is 0. The highest BCUT2D eigenvalue weighted by molar-refractivity contribution is 14.0. The van der Waals surface area contributed by atoms with E-state index in [4.69, 9.17) is 4.99 Å². The fourth-order valence-corrected chi connectivity index (χ4v) is 4.42. The van der Waals surface area contributed by atoms with E-state index in [1.54, 1.807) is 0 Å². The molecule has 2 N–H and O–H groups in total. The lowest BCUT2D eigenvalue weighted by molar-refractivity contribution is 0.0925. The molecule has 2 atom stereocenters. The molecule has 0 spiro atoms. The van der Waals surface area contributed by atoms with E-state index in [0.717, 1.165) is 64.9 Å². The van der Waals surface area contributed by atoms with Gasteiger partial charge in [-0.3, -0.25) is 14.8 Å². The van der Waals surface area contributed by atoms with E-state index in [9.17, 15) is 0 Å². The first-order valence-electron chi connectivity index (χ1n) is 12.2. The highest BCUT2D eigenvalue weighted by Crippen LogP contribution is 2.19. The zero-order chi connectivity index (χ0) is 22.6. The van der Waals surface area contributed by atoms with Gasteiger partial charge in [-0.25, -0.2) is 0 Å². The van der Waals surface area contributed by atoms with Crippen LogP contribution in [0.4, 0.5) is 0 Å². The first-order chi connectivity index (χ1) is 15.0. The Morgan fingerprint density at radius 3 is 2.16 bits per heavy atom. The molecule has 1 aliphatic heterocycles. The zero-order valence-corrected chi connectivity index (χ0v) is 23.5. The summed E-state index contributed by atoms with van der Waals surface area (Å²) in [6, 6.07) is 11.6. The van der Waals surface area contributed by atoms with E-state index < -0.39 is 0 Å². The van der Waals surface area contributed by atoms with E-state index in [0.29, 0.717) is 18.0 Å². The quantitative estimate of drug-likeness (QED) is 0.247. The minimum Gasteiger partial charge on any atom is -0.357 e. The van der Waals surface area contributed by atoms with Gasteiger partial charge >= 0.3 is 0 Å². The molecule has 0 bridgehead atoms. The molecule has 7 heteroatoms. The average molecular weight is 559 g/mol. The molecule has 1 heterocycles. The van der Waals surface area contributed by atoms with Crippen LogP contribution in [-0.2, 0) is 0 Å². The van der Waals surface area contributed by atoms with Crippen LogP contribution in [0.2, 0.25) is 0 Å². The maximum absolute atomic E-state index is 5.03. The number of halogens is 1. The van der Waals surface area contributed by atoms with Gasteiger partial charge in [0.05, 0.1) is 12.6 Å². The standard InChI is InChI=1S/C25H46N6.HI/c1-7-26-25(27-19-23(21(4)5)31-17-15-29(6)16-18-31)28-20-24(30(8-2)9-3)22-13-11-10-12-14-22;/h10-14,21,23-24H,7-9,15-20H2,1-6H3,(H2,26,27,28);1H. The van der Waals surface area contributed by atoms with Crippen molar-refractivity contribution in [3.8, 4) is 0 Å². The lowest BCUT2D eigenvalue weighted by Crippen LogP contribution is -2.52. The molecule has 1 aliphatic rings. The van der Waals surface area contributed by atoms with E-state index in [2.05, 4.69) is 97.3 Å². The number of nitrogens with one attached hydrogen (secondary N) is 2. The van der Waals surface area contributed by atoms with Gasteiger partial charge in [0.2, 0.25) is 0 Å². The van der Waals surface area contributed by atoms with E-state index in [1.165, 1.54) is 5.56 Å². The molecule has 0 radical (unpaired) electrons. The van der Waals surface area contributed by atoms with Crippen molar-refractivity contribution in [2.24, 2.45) is 10.9 Å². The molecule has 1 aromatic rings. The maximum atomic E-state index is 5.03. The summed E-state index contributed by atoms with van der Waals surface area (Å²) < 4.78 is 0. The third-order valence-corrected chi connectivity index (χ3v) is 6.46. The van der Waals surface area contributed by atoms with E-state index >= 15 is 0 Å². The third kappa shape index (κ3) is 9.15. The molecule has 6 nitrogen and oxygen atoms in total. The van der Waals surface area contributed by atoms with Crippen molar-refractivity contribution in [2.75, 3.05) is 66.0 Å². The number of guanidine groups is 1. The highest BCUT2D eigenvalue weighted by Gasteiger charge is 2.25. The molecule has 32 heavy (non-hydrogen) atoms. The van der Waals surface area contributed by atoms with Crippen molar-refractivity contribution in [3.05, 3.63) is 35.9 Å². The molecule has 1 aromatic carbocycles. The first-order valence-corrected chi connectivity index (χ1v) is 12.2. The van der Waals surface area contributed by atoms with Crippen LogP contribution in [0.25, 0.3) is 0 Å². The fraction of sp³-hybridized carbons (Fsp3) is 0.720. The van der Waals surface area contributed by atoms with Crippen LogP contribution in [0.15, 0.2) is 35.3 Å². The number of likely N-dealkylation sites (N-methyl/N-ethyl adjacent to an activating group) is 2. The van der Waals surface area contributed by atoms with Crippen LogP contribution >= 0.6 is 24.0 Å². The molecule has 2 unspecified atom stereocenters. The van der Waals surface area contributed by atoms with Gasteiger partial charge in [0, 0.05) is 45.3 Å². The summed E-state index contributed by atoms with van der Waals surface area (Å²) >= 11 is 0. The fourth-order valence-electron chi connectivity index (χ4n) is 4.42. The van der Waals surface area contributed by atoms with Crippen LogP contribution in [0.5, 0.6) is 0 Å². The van der Waals surface area contributed by atoms with E-state index in [-0.39, 0.29) is 24.0 Å². The van der Waals surface area contributed by atoms with Crippen molar-refractivity contribution in [1.29, 1.82) is 0 Å². The van der Waals surface area contributed by atoms with Crippen molar-refractivity contribution in [3.63, 3.8) is 0 Å². The van der Waals surface area contributed by atoms with Gasteiger partial charge in [0.25, 0.3) is 0 Å². The Labute approximate surface area is 214 Å². The average Bonchev–Trinajstić information content (AvgIpc) is 2.78. The number of benzene rings is 1. The lowest BCUT2D eigenvalue weighted by atomic mass is 10.0. The normalized spacial score (nSPS) is 17.8. The summed E-state index contributed by atoms with van der Waals surface area (Å²) in [7, 11) is 2.21. The maximum Gasteiger partial charge on any atom is 0.191 e. The molecular weight excluding hydrogens is 511 g/mol. The first kappa shape index (κ1) is 29.1. The molecule has 1 saturated heterocycles. The molecule has 1 fully saturated rings. The smallest absolute Gasteiger partial charge is 0.191 e. The van der Waals surface area contributed by atoms with Gasteiger partial charge in [-0.2, -0.15) is 0 Å². The Kier molecular flexibility index (Phi) is 14.4. The summed E-state index contributed by atoms with van der Waals surface area (Å²) in [6.45, 7) is 20.4. The van der Waals surface area contributed by atoms with Gasteiger partial charge in [-0.05, 0) is 38.5 Å². The van der Waals surface area contributed by atoms with Crippen LogP contribution < -0.4 is 10.6 Å². The van der Waals surface area contributed by atoms with Crippen molar-refractivity contribution in [1.82, 2.24) is 25.3 Å². The molecule has 2 rings (SSSR count). The van der Waals surface area contributed by atoms with Crippen LogP contribution in [-0.4, -0.2) is 92.7 Å². The van der Waals surface area contributed by atoms with E-state index in [1.807, 2.05) is 0 Å². The molecule has 0 amide bonds.